The van der Waals surface area contributed by atoms with E-state index in [2.05, 4.69) is 9.47 Å². The smallest absolute Gasteiger partial charge is 0.405 e. The summed E-state index contributed by atoms with van der Waals surface area (Å²) in [6.07, 6.45) is 2.85. The summed E-state index contributed by atoms with van der Waals surface area (Å²) in [6, 6.07) is 11.8. The lowest BCUT2D eigenvalue weighted by Crippen LogP contribution is -2.40. The van der Waals surface area contributed by atoms with E-state index in [0.29, 0.717) is 11.1 Å². The van der Waals surface area contributed by atoms with Gasteiger partial charge in [-0.1, -0.05) is 30.3 Å². The number of carbonyl (C=O) groups is 2. The maximum absolute atomic E-state index is 12.4. The van der Waals surface area contributed by atoms with Gasteiger partial charge < -0.3 is 14.6 Å². The molecule has 2 aromatic rings. The van der Waals surface area contributed by atoms with Crippen molar-refractivity contribution in [3.63, 3.8) is 0 Å². The van der Waals surface area contributed by atoms with Gasteiger partial charge in [-0.25, -0.2) is 4.79 Å². The third kappa shape index (κ3) is 3.55. The Morgan fingerprint density at radius 1 is 0.957 bits per heavy atom. The third-order valence-electron chi connectivity index (χ3n) is 3.11. The molecule has 6 heteroatoms. The molecule has 0 saturated carbocycles. The Bertz CT molecular complexity index is 753. The number of ketones is 1. The largest absolute Gasteiger partial charge is 0.612 e. The van der Waals surface area contributed by atoms with E-state index in [9.17, 15) is 14.7 Å². The molecule has 0 radical (unpaired) electrons. The van der Waals surface area contributed by atoms with Gasteiger partial charge >= 0.3 is 11.7 Å². The first kappa shape index (κ1) is 16.2. The molecule has 0 amide bonds. The zero-order valence-corrected chi connectivity index (χ0v) is 12.7. The van der Waals surface area contributed by atoms with Gasteiger partial charge in [0, 0.05) is 11.6 Å². The molecule has 0 N–H and O–H groups in total. The molecule has 23 heavy (non-hydrogen) atoms. The van der Waals surface area contributed by atoms with Crippen LogP contribution in [-0.2, 0) is 14.3 Å². The van der Waals surface area contributed by atoms with Gasteiger partial charge in [-0.15, -0.1) is 0 Å². The van der Waals surface area contributed by atoms with Crippen LogP contribution in [0.2, 0.25) is 0 Å². The number of carbonyl (C=O) groups excluding carboxylic acids is 2. The normalized spacial score (nSPS) is 11.4. The van der Waals surface area contributed by atoms with Gasteiger partial charge in [-0.05, 0) is 13.2 Å². The van der Waals surface area contributed by atoms with E-state index in [0.717, 1.165) is 14.2 Å². The van der Waals surface area contributed by atoms with Crippen LogP contribution in [0.15, 0.2) is 60.8 Å². The quantitative estimate of drug-likeness (QED) is 0.264. The molecule has 0 bridgehead atoms. The summed E-state index contributed by atoms with van der Waals surface area (Å²) in [5, 5.41) is 11.8. The number of hydrogen-bond donors (Lipinski definition) is 0. The van der Waals surface area contributed by atoms with Crippen LogP contribution in [0.3, 0.4) is 0 Å². The van der Waals surface area contributed by atoms with Crippen LogP contribution < -0.4 is 9.67 Å². The molecule has 2 rings (SSSR count). The van der Waals surface area contributed by atoms with Crippen molar-refractivity contribution in [3.8, 4) is 0 Å². The molecule has 1 aromatic carbocycles. The average Bonchev–Trinajstić information content (AvgIpc) is 2.61. The summed E-state index contributed by atoms with van der Waals surface area (Å²) in [6.45, 7) is 0. The number of hydrogen-bond acceptors (Lipinski definition) is 5. The van der Waals surface area contributed by atoms with E-state index < -0.39 is 11.9 Å². The minimum Gasteiger partial charge on any atom is -0.612 e. The summed E-state index contributed by atoms with van der Waals surface area (Å²) < 4.78 is 10.4. The Morgan fingerprint density at radius 3 is 2.22 bits per heavy atom. The molecular weight excluding hydrogens is 298 g/mol. The first-order valence-corrected chi connectivity index (χ1v) is 6.73. The van der Waals surface area contributed by atoms with Crippen molar-refractivity contribution in [2.45, 2.75) is 0 Å². The highest BCUT2D eigenvalue weighted by atomic mass is 16.6. The number of aromatic nitrogens is 1. The predicted molar refractivity (Wildman–Crippen MR) is 78.8 cm³/mol. The predicted octanol–water partition coefficient (Wildman–Crippen LogP) is 0.511. The van der Waals surface area contributed by atoms with Crippen LogP contribution in [0, 0.1) is 0 Å². The summed E-state index contributed by atoms with van der Waals surface area (Å²) in [5.41, 5.74) is 0.490. The number of nitrogens with zero attached hydrogens (tertiary/aromatic N) is 1. The summed E-state index contributed by atoms with van der Waals surface area (Å²) in [5.74, 6) is -1.94. The summed E-state index contributed by atoms with van der Waals surface area (Å²) >= 11 is 0. The fourth-order valence-electron chi connectivity index (χ4n) is 1.99. The highest BCUT2D eigenvalue weighted by molar-refractivity contribution is 6.09. The molecule has 1 aromatic heterocycles. The minimum absolute atomic E-state index is 0.228. The van der Waals surface area contributed by atoms with Gasteiger partial charge in [0.05, 0.1) is 12.7 Å². The highest BCUT2D eigenvalue weighted by Gasteiger charge is 2.25. The second-order valence-corrected chi connectivity index (χ2v) is 4.53. The van der Waals surface area contributed by atoms with Crippen molar-refractivity contribution < 1.29 is 28.7 Å². The van der Waals surface area contributed by atoms with Gasteiger partial charge in [-0.2, -0.15) is 4.57 Å². The van der Waals surface area contributed by atoms with Gasteiger partial charge in [0.15, 0.2) is 18.2 Å². The van der Waals surface area contributed by atoms with Crippen LogP contribution in [0.4, 0.5) is 0 Å². The fraction of sp³-hybridized carbons (Fsp3) is 0.118. The molecule has 118 valence electrons. The summed E-state index contributed by atoms with van der Waals surface area (Å²) in [7, 11) is 2.32. The first-order chi connectivity index (χ1) is 11.1. The van der Waals surface area contributed by atoms with Gasteiger partial charge in [-0.3, -0.25) is 4.79 Å². The SMILES string of the molecule is COC(=O)/C(=C(/[O-])OC)[n+]1cccc(C(=O)c2ccccc2)c1. The Balaban J connectivity index is 2.47. The van der Waals surface area contributed by atoms with Gasteiger partial charge in [0.2, 0.25) is 0 Å². The van der Waals surface area contributed by atoms with Crippen LogP contribution >= 0.6 is 0 Å². The van der Waals surface area contributed by atoms with Crippen molar-refractivity contribution in [1.29, 1.82) is 0 Å². The molecule has 0 aliphatic carbocycles. The Labute approximate surface area is 133 Å². The first-order valence-electron chi connectivity index (χ1n) is 6.73. The zero-order valence-electron chi connectivity index (χ0n) is 12.7. The lowest BCUT2D eigenvalue weighted by Gasteiger charge is -2.10. The molecule has 0 aliphatic heterocycles. The van der Waals surface area contributed by atoms with Crippen molar-refractivity contribution >= 4 is 17.4 Å². The maximum Gasteiger partial charge on any atom is 0.405 e. The van der Waals surface area contributed by atoms with Crippen LogP contribution in [0.5, 0.6) is 0 Å². The fourth-order valence-corrected chi connectivity index (χ4v) is 1.99. The van der Waals surface area contributed by atoms with Crippen molar-refractivity contribution in [2.24, 2.45) is 0 Å². The highest BCUT2D eigenvalue weighted by Crippen LogP contribution is 2.09. The number of esters is 1. The van der Waals surface area contributed by atoms with E-state index in [1.165, 1.54) is 17.0 Å². The van der Waals surface area contributed by atoms with Gasteiger partial charge in [0.1, 0.15) is 5.95 Å². The van der Waals surface area contributed by atoms with E-state index in [1.54, 1.807) is 36.4 Å². The summed E-state index contributed by atoms with van der Waals surface area (Å²) in [4.78, 5) is 24.2. The number of benzene rings is 1. The molecule has 0 aliphatic rings. The Morgan fingerprint density at radius 2 is 1.61 bits per heavy atom. The molecule has 0 spiro atoms. The monoisotopic (exact) mass is 313 g/mol. The van der Waals surface area contributed by atoms with E-state index in [-0.39, 0.29) is 11.5 Å². The van der Waals surface area contributed by atoms with Crippen LogP contribution in [0.25, 0.3) is 5.70 Å². The number of ether oxygens (including phenoxy) is 2. The molecular formula is C17H15NO5. The van der Waals surface area contributed by atoms with Crippen LogP contribution in [-0.4, -0.2) is 26.0 Å². The van der Waals surface area contributed by atoms with Crippen molar-refractivity contribution in [2.75, 3.05) is 14.2 Å². The van der Waals surface area contributed by atoms with Crippen LogP contribution in [0.1, 0.15) is 15.9 Å². The second-order valence-electron chi connectivity index (χ2n) is 4.53. The van der Waals surface area contributed by atoms with E-state index in [1.807, 2.05) is 6.07 Å². The third-order valence-corrected chi connectivity index (χ3v) is 3.11. The van der Waals surface area contributed by atoms with Crippen molar-refractivity contribution in [1.82, 2.24) is 0 Å². The Kier molecular flexibility index (Phi) is 5.09. The topological polar surface area (TPSA) is 79.5 Å². The van der Waals surface area contributed by atoms with Gasteiger partial charge in [0.25, 0.3) is 0 Å². The molecule has 6 nitrogen and oxygen atoms in total. The maximum atomic E-state index is 12.4. The molecule has 0 atom stereocenters. The number of rotatable bonds is 5. The minimum atomic E-state index is -0.855. The molecule has 0 saturated heterocycles. The number of pyridine rings is 1. The molecule has 0 unspecified atom stereocenters. The van der Waals surface area contributed by atoms with E-state index >= 15 is 0 Å². The Hall–Kier alpha value is -3.15. The molecule has 1 heterocycles. The van der Waals surface area contributed by atoms with Crippen molar-refractivity contribution in [3.05, 3.63) is 71.9 Å². The standard InChI is InChI=1S/C17H15NO5/c1-22-16(20)14(17(21)23-2)18-10-6-9-13(11-18)15(19)12-7-4-3-5-8-12/h3-11H,1-2H3. The lowest BCUT2D eigenvalue weighted by atomic mass is 10.1. The van der Waals surface area contributed by atoms with E-state index in [4.69, 9.17) is 0 Å². The zero-order chi connectivity index (χ0) is 16.8. The number of methoxy groups -OCH3 is 2. The average molecular weight is 313 g/mol. The lowest BCUT2D eigenvalue weighted by molar-refractivity contribution is -0.586. The molecule has 0 fully saturated rings. The second kappa shape index (κ2) is 7.22.